The number of carbonyl (C=O) groups is 1. The van der Waals surface area contributed by atoms with Crippen LogP contribution >= 0.6 is 0 Å². The maximum absolute atomic E-state index is 12.1. The Hall–Kier alpha value is -0.620. The molecule has 5 nitrogen and oxygen atoms in total. The van der Waals surface area contributed by atoms with Gasteiger partial charge in [0, 0.05) is 13.0 Å². The summed E-state index contributed by atoms with van der Waals surface area (Å²) in [6, 6.07) is 0. The van der Waals surface area contributed by atoms with Gasteiger partial charge in [0.1, 0.15) is 0 Å². The van der Waals surface area contributed by atoms with Gasteiger partial charge in [-0.15, -0.1) is 0 Å². The van der Waals surface area contributed by atoms with E-state index in [4.69, 9.17) is 5.73 Å². The van der Waals surface area contributed by atoms with E-state index in [-0.39, 0.29) is 23.3 Å². The monoisotopic (exact) mass is 304 g/mol. The molecule has 6 heteroatoms. The van der Waals surface area contributed by atoms with Crippen molar-refractivity contribution in [3.05, 3.63) is 0 Å². The molecule has 0 aromatic carbocycles. The van der Waals surface area contributed by atoms with Crippen LogP contribution in [0.2, 0.25) is 0 Å². The lowest BCUT2D eigenvalue weighted by Crippen LogP contribution is -2.53. The van der Waals surface area contributed by atoms with Crippen LogP contribution in [0.1, 0.15) is 58.8 Å². The molecule has 3 N–H and O–H groups in total. The highest BCUT2D eigenvalue weighted by Crippen LogP contribution is 2.25. The summed E-state index contributed by atoms with van der Waals surface area (Å²) < 4.78 is 24.2. The SMILES string of the molecule is CCC(CC)(CN)NC(=O)CCS(=O)(=O)C1CCCC1. The van der Waals surface area contributed by atoms with Crippen LogP contribution in [-0.2, 0) is 14.6 Å². The Bertz CT molecular complexity index is 402. The summed E-state index contributed by atoms with van der Waals surface area (Å²) in [5.41, 5.74) is 5.33. The minimum atomic E-state index is -3.12. The van der Waals surface area contributed by atoms with E-state index in [9.17, 15) is 13.2 Å². The van der Waals surface area contributed by atoms with Crippen LogP contribution in [0.15, 0.2) is 0 Å². The predicted molar refractivity (Wildman–Crippen MR) is 81.2 cm³/mol. The second-order valence-corrected chi connectivity index (χ2v) is 8.16. The number of nitrogens with two attached hydrogens (primary N) is 1. The topological polar surface area (TPSA) is 89.3 Å². The van der Waals surface area contributed by atoms with E-state index in [1.165, 1.54) is 0 Å². The molecule has 0 saturated heterocycles. The average Bonchev–Trinajstić information content (AvgIpc) is 2.98. The first-order chi connectivity index (χ1) is 9.39. The standard InChI is InChI=1S/C14H28N2O3S/c1-3-14(4-2,11-15)16-13(17)9-10-20(18,19)12-7-5-6-8-12/h12H,3-11,15H2,1-2H3,(H,16,17). The van der Waals surface area contributed by atoms with Crippen molar-refractivity contribution in [2.45, 2.75) is 69.6 Å². The summed E-state index contributed by atoms with van der Waals surface area (Å²) in [6.07, 6.45) is 5.01. The molecule has 0 atom stereocenters. The molecular formula is C14H28N2O3S. The van der Waals surface area contributed by atoms with Crippen LogP contribution in [-0.4, -0.2) is 37.4 Å². The lowest BCUT2D eigenvalue weighted by atomic mass is 9.93. The molecule has 1 aliphatic carbocycles. The first-order valence-corrected chi connectivity index (χ1v) is 9.33. The number of sulfone groups is 1. The smallest absolute Gasteiger partial charge is 0.221 e. The lowest BCUT2D eigenvalue weighted by molar-refractivity contribution is -0.122. The molecular weight excluding hydrogens is 276 g/mol. The molecule has 1 fully saturated rings. The maximum atomic E-state index is 12.1. The van der Waals surface area contributed by atoms with Crippen molar-refractivity contribution < 1.29 is 13.2 Å². The van der Waals surface area contributed by atoms with Crippen molar-refractivity contribution in [2.75, 3.05) is 12.3 Å². The van der Waals surface area contributed by atoms with Crippen molar-refractivity contribution in [3.8, 4) is 0 Å². The van der Waals surface area contributed by atoms with Gasteiger partial charge in [-0.1, -0.05) is 26.7 Å². The summed E-state index contributed by atoms with van der Waals surface area (Å²) in [7, 11) is -3.12. The third kappa shape index (κ3) is 4.45. The third-order valence-corrected chi connectivity index (χ3v) is 6.83. The number of hydrogen-bond acceptors (Lipinski definition) is 4. The lowest BCUT2D eigenvalue weighted by Gasteiger charge is -2.31. The van der Waals surface area contributed by atoms with Gasteiger partial charge in [-0.25, -0.2) is 8.42 Å². The molecule has 0 heterocycles. The third-order valence-electron chi connectivity index (χ3n) is 4.57. The summed E-state index contributed by atoms with van der Waals surface area (Å²) in [5, 5.41) is 2.68. The van der Waals surface area contributed by atoms with E-state index in [1.54, 1.807) is 0 Å². The molecule has 0 aromatic rings. The number of carbonyl (C=O) groups excluding carboxylic acids is 1. The van der Waals surface area contributed by atoms with Crippen LogP contribution in [0.25, 0.3) is 0 Å². The zero-order chi connectivity index (χ0) is 15.2. The number of hydrogen-bond donors (Lipinski definition) is 2. The van der Waals surface area contributed by atoms with Crippen LogP contribution in [0.5, 0.6) is 0 Å². The molecule has 0 bridgehead atoms. The molecule has 0 radical (unpaired) electrons. The van der Waals surface area contributed by atoms with E-state index >= 15 is 0 Å². The molecule has 0 spiro atoms. The van der Waals surface area contributed by atoms with Crippen LogP contribution in [0.4, 0.5) is 0 Å². The predicted octanol–water partition coefficient (Wildman–Crippen LogP) is 1.37. The first-order valence-electron chi connectivity index (χ1n) is 7.62. The van der Waals surface area contributed by atoms with E-state index in [0.717, 1.165) is 38.5 Å². The van der Waals surface area contributed by atoms with Crippen molar-refractivity contribution in [1.29, 1.82) is 0 Å². The van der Waals surface area contributed by atoms with Gasteiger partial charge in [-0.3, -0.25) is 4.79 Å². The van der Waals surface area contributed by atoms with Gasteiger partial charge in [0.05, 0.1) is 16.5 Å². The van der Waals surface area contributed by atoms with Gasteiger partial charge in [0.15, 0.2) is 9.84 Å². The van der Waals surface area contributed by atoms with Crippen molar-refractivity contribution in [3.63, 3.8) is 0 Å². The molecule has 0 aromatic heterocycles. The normalized spacial score (nSPS) is 17.4. The van der Waals surface area contributed by atoms with Crippen LogP contribution < -0.4 is 11.1 Å². The molecule has 1 aliphatic rings. The minimum absolute atomic E-state index is 0.0422. The second kappa shape index (κ2) is 7.41. The van der Waals surface area contributed by atoms with Gasteiger partial charge in [-0.05, 0) is 25.7 Å². The molecule has 118 valence electrons. The summed E-state index contributed by atoms with van der Waals surface area (Å²) in [6.45, 7) is 4.33. The fraction of sp³-hybridized carbons (Fsp3) is 0.929. The van der Waals surface area contributed by atoms with E-state index in [1.807, 2.05) is 13.8 Å². The van der Waals surface area contributed by atoms with E-state index < -0.39 is 15.4 Å². The fourth-order valence-corrected chi connectivity index (χ4v) is 4.63. The average molecular weight is 304 g/mol. The maximum Gasteiger partial charge on any atom is 0.221 e. The largest absolute Gasteiger partial charge is 0.349 e. The Kier molecular flexibility index (Phi) is 6.45. The molecule has 0 aliphatic heterocycles. The quantitative estimate of drug-likeness (QED) is 0.708. The number of rotatable bonds is 8. The number of amides is 1. The minimum Gasteiger partial charge on any atom is -0.349 e. The zero-order valence-corrected chi connectivity index (χ0v) is 13.5. The van der Waals surface area contributed by atoms with Crippen LogP contribution in [0, 0.1) is 0 Å². The van der Waals surface area contributed by atoms with Gasteiger partial charge in [-0.2, -0.15) is 0 Å². The van der Waals surface area contributed by atoms with Gasteiger partial charge >= 0.3 is 0 Å². The Balaban J connectivity index is 2.50. The van der Waals surface area contributed by atoms with E-state index in [2.05, 4.69) is 5.32 Å². The van der Waals surface area contributed by atoms with Crippen LogP contribution in [0.3, 0.4) is 0 Å². The summed E-state index contributed by atoms with van der Waals surface area (Å²) >= 11 is 0. The Morgan fingerprint density at radius 2 is 1.80 bits per heavy atom. The van der Waals surface area contributed by atoms with Gasteiger partial charge in [0.2, 0.25) is 5.91 Å². The number of nitrogens with one attached hydrogen (secondary N) is 1. The highest BCUT2D eigenvalue weighted by atomic mass is 32.2. The molecule has 1 rings (SSSR count). The highest BCUT2D eigenvalue weighted by molar-refractivity contribution is 7.92. The van der Waals surface area contributed by atoms with Gasteiger partial charge in [0.25, 0.3) is 0 Å². The Morgan fingerprint density at radius 1 is 1.25 bits per heavy atom. The van der Waals surface area contributed by atoms with Crippen molar-refractivity contribution >= 4 is 15.7 Å². The molecule has 1 amide bonds. The van der Waals surface area contributed by atoms with Gasteiger partial charge < -0.3 is 11.1 Å². The highest BCUT2D eigenvalue weighted by Gasteiger charge is 2.30. The Morgan fingerprint density at radius 3 is 2.25 bits per heavy atom. The van der Waals surface area contributed by atoms with Crippen molar-refractivity contribution in [1.82, 2.24) is 5.32 Å². The van der Waals surface area contributed by atoms with E-state index in [0.29, 0.717) is 6.54 Å². The van der Waals surface area contributed by atoms with Crippen molar-refractivity contribution in [2.24, 2.45) is 5.73 Å². The second-order valence-electron chi connectivity index (χ2n) is 5.76. The fourth-order valence-electron chi connectivity index (χ4n) is 2.77. The molecule has 1 saturated carbocycles. The summed E-state index contributed by atoms with van der Waals surface area (Å²) in [4.78, 5) is 12.0. The summed E-state index contributed by atoms with van der Waals surface area (Å²) in [5.74, 6) is -0.252. The zero-order valence-electron chi connectivity index (χ0n) is 12.7. The first kappa shape index (κ1) is 17.4. The molecule has 20 heavy (non-hydrogen) atoms. The molecule has 0 unspecified atom stereocenters. The Labute approximate surface area is 122 Å².